The topological polar surface area (TPSA) is 58.7 Å². The van der Waals surface area contributed by atoms with Gasteiger partial charge < -0.3 is 20.5 Å². The van der Waals surface area contributed by atoms with Crippen LogP contribution in [-0.4, -0.2) is 38.0 Å². The third kappa shape index (κ3) is 3.08. The summed E-state index contributed by atoms with van der Waals surface area (Å²) in [5, 5.41) is 9.21. The summed E-state index contributed by atoms with van der Waals surface area (Å²) in [4.78, 5) is 2.39. The van der Waals surface area contributed by atoms with Crippen molar-refractivity contribution in [3.8, 4) is 0 Å². The number of anilines is 1. The van der Waals surface area contributed by atoms with Gasteiger partial charge in [-0.1, -0.05) is 19.1 Å². The number of nitrogens with two attached hydrogens (primary N) is 1. The van der Waals surface area contributed by atoms with Gasteiger partial charge in [0.2, 0.25) is 0 Å². The second-order valence-electron chi connectivity index (χ2n) is 5.09. The van der Waals surface area contributed by atoms with Crippen LogP contribution in [0.1, 0.15) is 29.7 Å². The number of aliphatic hydroxyl groups is 1. The Kier molecular flexibility index (Phi) is 4.80. The lowest BCUT2D eigenvalue weighted by atomic mass is 9.97. The molecule has 19 heavy (non-hydrogen) atoms. The van der Waals surface area contributed by atoms with Crippen molar-refractivity contribution in [3.63, 3.8) is 0 Å². The first-order valence-electron chi connectivity index (χ1n) is 7.00. The average molecular weight is 264 g/mol. The van der Waals surface area contributed by atoms with E-state index in [1.54, 1.807) is 0 Å². The smallest absolute Gasteiger partial charge is 0.0642 e. The van der Waals surface area contributed by atoms with Gasteiger partial charge in [-0.3, -0.25) is 0 Å². The Morgan fingerprint density at radius 2 is 2.05 bits per heavy atom. The molecule has 2 rings (SSSR count). The molecule has 1 aromatic rings. The van der Waals surface area contributed by atoms with Crippen molar-refractivity contribution in [1.82, 2.24) is 0 Å². The third-order valence-corrected chi connectivity index (χ3v) is 3.73. The summed E-state index contributed by atoms with van der Waals surface area (Å²) in [5.41, 5.74) is 10.8. The lowest BCUT2D eigenvalue weighted by Crippen LogP contribution is -2.37. The zero-order valence-electron chi connectivity index (χ0n) is 11.9. The Balaban J connectivity index is 2.37. The van der Waals surface area contributed by atoms with E-state index in [1.807, 2.05) is 0 Å². The van der Waals surface area contributed by atoms with Gasteiger partial charge in [-0.2, -0.15) is 0 Å². The molecule has 0 radical (unpaired) electrons. The van der Waals surface area contributed by atoms with Crippen molar-refractivity contribution in [3.05, 3.63) is 28.8 Å². The number of hydrogen-bond donors (Lipinski definition) is 2. The first kappa shape index (κ1) is 14.3. The van der Waals surface area contributed by atoms with Crippen molar-refractivity contribution in [1.29, 1.82) is 0 Å². The summed E-state index contributed by atoms with van der Waals surface area (Å²) in [6.45, 7) is 7.74. The lowest BCUT2D eigenvalue weighted by Gasteiger charge is -2.32. The number of aryl methyl sites for hydroxylation is 2. The number of rotatable bonds is 4. The quantitative estimate of drug-likeness (QED) is 0.863. The first-order valence-corrected chi connectivity index (χ1v) is 7.00. The van der Waals surface area contributed by atoms with Crippen molar-refractivity contribution in [2.75, 3.05) is 37.8 Å². The normalized spacial score (nSPS) is 17.6. The molecule has 106 valence electrons. The molecule has 3 N–H and O–H groups in total. The van der Waals surface area contributed by atoms with E-state index in [-0.39, 0.29) is 12.6 Å². The molecule has 0 aliphatic carbocycles. The van der Waals surface area contributed by atoms with Gasteiger partial charge >= 0.3 is 0 Å². The van der Waals surface area contributed by atoms with Crippen LogP contribution in [0.15, 0.2) is 12.1 Å². The maximum atomic E-state index is 9.21. The van der Waals surface area contributed by atoms with Gasteiger partial charge in [-0.25, -0.2) is 0 Å². The van der Waals surface area contributed by atoms with Gasteiger partial charge in [0.05, 0.1) is 25.9 Å². The van der Waals surface area contributed by atoms with Crippen molar-refractivity contribution in [2.45, 2.75) is 26.3 Å². The summed E-state index contributed by atoms with van der Waals surface area (Å²) in [6, 6.07) is 3.95. The number of benzene rings is 1. The zero-order valence-corrected chi connectivity index (χ0v) is 11.9. The second kappa shape index (κ2) is 6.37. The summed E-state index contributed by atoms with van der Waals surface area (Å²) in [7, 11) is 0. The monoisotopic (exact) mass is 264 g/mol. The van der Waals surface area contributed by atoms with Crippen LogP contribution in [0, 0.1) is 6.92 Å². The molecule has 4 nitrogen and oxygen atoms in total. The fourth-order valence-corrected chi connectivity index (χ4v) is 2.71. The first-order chi connectivity index (χ1) is 9.17. The molecule has 1 saturated heterocycles. The Bertz CT molecular complexity index is 428. The minimum absolute atomic E-state index is 0.0144. The molecular formula is C15H24N2O2. The molecule has 0 bridgehead atoms. The molecule has 0 aromatic heterocycles. The largest absolute Gasteiger partial charge is 0.394 e. The van der Waals surface area contributed by atoms with Gasteiger partial charge in [-0.15, -0.1) is 0 Å². The molecule has 1 aliphatic rings. The van der Waals surface area contributed by atoms with E-state index < -0.39 is 0 Å². The zero-order chi connectivity index (χ0) is 13.8. The second-order valence-corrected chi connectivity index (χ2v) is 5.09. The molecule has 1 fully saturated rings. The van der Waals surface area contributed by atoms with E-state index in [2.05, 4.69) is 30.9 Å². The Morgan fingerprint density at radius 1 is 1.37 bits per heavy atom. The van der Waals surface area contributed by atoms with E-state index in [4.69, 9.17) is 10.5 Å². The number of nitrogens with zero attached hydrogens (tertiary/aromatic N) is 1. The van der Waals surface area contributed by atoms with E-state index in [1.165, 1.54) is 16.8 Å². The van der Waals surface area contributed by atoms with Crippen LogP contribution in [0.4, 0.5) is 5.69 Å². The molecular weight excluding hydrogens is 240 g/mol. The van der Waals surface area contributed by atoms with Crippen LogP contribution < -0.4 is 10.6 Å². The van der Waals surface area contributed by atoms with E-state index >= 15 is 0 Å². The average Bonchev–Trinajstić information content (AvgIpc) is 2.46. The van der Waals surface area contributed by atoms with E-state index in [9.17, 15) is 5.11 Å². The highest BCUT2D eigenvalue weighted by molar-refractivity contribution is 5.61. The van der Waals surface area contributed by atoms with Gasteiger partial charge in [0, 0.05) is 18.8 Å². The predicted octanol–water partition coefficient (Wildman–Crippen LogP) is 1.39. The SMILES string of the molecule is CCc1cc([C@@H](N)CO)cc(C)c1N1CCOCC1. The molecule has 0 saturated carbocycles. The van der Waals surface area contributed by atoms with E-state index in [0.717, 1.165) is 38.3 Å². The summed E-state index contributed by atoms with van der Waals surface area (Å²) in [6.07, 6.45) is 0.972. The fourth-order valence-electron chi connectivity index (χ4n) is 2.71. The lowest BCUT2D eigenvalue weighted by molar-refractivity contribution is 0.122. The van der Waals surface area contributed by atoms with Crippen molar-refractivity contribution < 1.29 is 9.84 Å². The number of hydrogen-bond acceptors (Lipinski definition) is 4. The minimum atomic E-state index is -0.289. The number of ether oxygens (including phenoxy) is 1. The maximum absolute atomic E-state index is 9.21. The van der Waals surface area contributed by atoms with E-state index in [0.29, 0.717) is 0 Å². The maximum Gasteiger partial charge on any atom is 0.0642 e. The van der Waals surface area contributed by atoms with Gasteiger partial charge in [0.25, 0.3) is 0 Å². The van der Waals surface area contributed by atoms with Crippen LogP contribution in [0.2, 0.25) is 0 Å². The van der Waals surface area contributed by atoms with Crippen LogP contribution in [0.5, 0.6) is 0 Å². The molecule has 0 spiro atoms. The summed E-state index contributed by atoms with van der Waals surface area (Å²) < 4.78 is 5.42. The van der Waals surface area contributed by atoms with Crippen molar-refractivity contribution in [2.24, 2.45) is 5.73 Å². The highest BCUT2D eigenvalue weighted by Crippen LogP contribution is 2.29. The Morgan fingerprint density at radius 3 is 2.63 bits per heavy atom. The predicted molar refractivity (Wildman–Crippen MR) is 77.6 cm³/mol. The third-order valence-electron chi connectivity index (χ3n) is 3.73. The minimum Gasteiger partial charge on any atom is -0.394 e. The molecule has 0 amide bonds. The van der Waals surface area contributed by atoms with Crippen LogP contribution in [-0.2, 0) is 11.2 Å². The molecule has 4 heteroatoms. The van der Waals surface area contributed by atoms with Crippen LogP contribution >= 0.6 is 0 Å². The molecule has 1 atom stereocenters. The summed E-state index contributed by atoms with van der Waals surface area (Å²) in [5.74, 6) is 0. The molecule has 0 unspecified atom stereocenters. The van der Waals surface area contributed by atoms with Crippen LogP contribution in [0.3, 0.4) is 0 Å². The van der Waals surface area contributed by atoms with Gasteiger partial charge in [0.1, 0.15) is 0 Å². The Labute approximate surface area is 115 Å². The molecule has 1 heterocycles. The fraction of sp³-hybridized carbons (Fsp3) is 0.600. The number of morpholine rings is 1. The number of aliphatic hydroxyl groups excluding tert-OH is 1. The van der Waals surface area contributed by atoms with Crippen molar-refractivity contribution >= 4 is 5.69 Å². The highest BCUT2D eigenvalue weighted by Gasteiger charge is 2.18. The van der Waals surface area contributed by atoms with Gasteiger partial charge in [0.15, 0.2) is 0 Å². The molecule has 1 aromatic carbocycles. The van der Waals surface area contributed by atoms with Gasteiger partial charge in [-0.05, 0) is 30.0 Å². The van der Waals surface area contributed by atoms with Crippen LogP contribution in [0.25, 0.3) is 0 Å². The highest BCUT2D eigenvalue weighted by atomic mass is 16.5. The molecule has 1 aliphatic heterocycles. The summed E-state index contributed by atoms with van der Waals surface area (Å²) >= 11 is 0. The Hall–Kier alpha value is -1.10. The standard InChI is InChI=1S/C15H24N2O2/c1-3-12-9-13(14(16)10-18)8-11(2)15(12)17-4-6-19-7-5-17/h8-9,14,18H,3-7,10,16H2,1-2H3/t14-/m0/s1.